The van der Waals surface area contributed by atoms with E-state index in [0.717, 1.165) is 35.9 Å². The van der Waals surface area contributed by atoms with Crippen LogP contribution in [0, 0.1) is 0 Å². The van der Waals surface area contributed by atoms with E-state index in [1.165, 1.54) is 10.4 Å². The number of thiophene rings is 1. The first-order chi connectivity index (χ1) is 12.1. The average Bonchev–Trinajstić information content (AvgIpc) is 3.00. The Morgan fingerprint density at radius 2 is 1.96 bits per heavy atom. The third-order valence-electron chi connectivity index (χ3n) is 4.40. The van der Waals surface area contributed by atoms with Crippen LogP contribution in [0.25, 0.3) is 10.2 Å². The predicted molar refractivity (Wildman–Crippen MR) is 98.0 cm³/mol. The van der Waals surface area contributed by atoms with Crippen LogP contribution in [0.3, 0.4) is 0 Å². The van der Waals surface area contributed by atoms with Crippen molar-refractivity contribution in [3.63, 3.8) is 0 Å². The number of rotatable bonds is 3. The number of aromatic nitrogens is 1. The second-order valence-electron chi connectivity index (χ2n) is 6.01. The van der Waals surface area contributed by atoms with Crippen molar-refractivity contribution in [2.75, 3.05) is 5.73 Å². The van der Waals surface area contributed by atoms with Crippen molar-refractivity contribution in [2.45, 2.75) is 25.7 Å². The van der Waals surface area contributed by atoms with Gasteiger partial charge in [0.05, 0.1) is 5.69 Å². The van der Waals surface area contributed by atoms with Gasteiger partial charge in [0, 0.05) is 15.8 Å². The van der Waals surface area contributed by atoms with Gasteiger partial charge in [0.15, 0.2) is 0 Å². The van der Waals surface area contributed by atoms with Crippen molar-refractivity contribution in [3.05, 3.63) is 56.7 Å². The number of hydrogen-bond donors (Lipinski definition) is 3. The number of anilines is 1. The van der Waals surface area contributed by atoms with Gasteiger partial charge in [0.25, 0.3) is 11.5 Å². The van der Waals surface area contributed by atoms with Crippen LogP contribution in [-0.2, 0) is 12.8 Å². The van der Waals surface area contributed by atoms with Crippen LogP contribution in [0.5, 0.6) is 5.75 Å². The van der Waals surface area contributed by atoms with Crippen molar-refractivity contribution < 1.29 is 9.63 Å². The lowest BCUT2D eigenvalue weighted by atomic mass is 9.96. The number of aryl methyl sites for hydroxylation is 2. The molecule has 0 fully saturated rings. The molecular weight excluding hydrogens is 338 g/mol. The Labute approximate surface area is 147 Å². The van der Waals surface area contributed by atoms with Gasteiger partial charge in [-0.25, -0.2) is 0 Å². The van der Waals surface area contributed by atoms with E-state index in [9.17, 15) is 9.59 Å². The summed E-state index contributed by atoms with van der Waals surface area (Å²) in [6, 6.07) is 8.63. The predicted octanol–water partition coefficient (Wildman–Crippen LogP) is 2.77. The van der Waals surface area contributed by atoms with Gasteiger partial charge in [-0.3, -0.25) is 9.59 Å². The zero-order valence-electron chi connectivity index (χ0n) is 13.4. The summed E-state index contributed by atoms with van der Waals surface area (Å²) >= 11 is 1.58. The molecule has 4 rings (SSSR count). The van der Waals surface area contributed by atoms with Crippen LogP contribution < -0.4 is 21.6 Å². The van der Waals surface area contributed by atoms with Gasteiger partial charge >= 0.3 is 0 Å². The molecule has 6 nitrogen and oxygen atoms in total. The summed E-state index contributed by atoms with van der Waals surface area (Å²) in [7, 11) is 0. The van der Waals surface area contributed by atoms with Gasteiger partial charge in [0.1, 0.15) is 4.83 Å². The lowest BCUT2D eigenvalue weighted by molar-refractivity contribution is 0.0759. The number of hydroxylamine groups is 1. The standard InChI is InChI=1S/C18H17N3O3S/c19-14-13-11-8-4-5-9-12(11)25-18(13)20-17(23)15(14)24-21-16(22)10-6-2-1-3-7-10/h1-3,6-7H,4-5,8-9H2,(H,21,22)(H3,19,20,23). The van der Waals surface area contributed by atoms with E-state index < -0.39 is 11.5 Å². The minimum atomic E-state index is -0.447. The molecule has 7 heteroatoms. The highest BCUT2D eigenvalue weighted by Gasteiger charge is 2.22. The normalized spacial score (nSPS) is 13.4. The Morgan fingerprint density at radius 3 is 2.76 bits per heavy atom. The largest absolute Gasteiger partial charge is 0.395 e. The number of amides is 1. The van der Waals surface area contributed by atoms with Crippen LogP contribution in [0.15, 0.2) is 35.1 Å². The molecule has 128 valence electrons. The molecule has 0 atom stereocenters. The van der Waals surface area contributed by atoms with Crippen molar-refractivity contribution in [1.82, 2.24) is 10.5 Å². The Morgan fingerprint density at radius 1 is 1.20 bits per heavy atom. The fourth-order valence-corrected chi connectivity index (χ4v) is 4.48. The maximum Gasteiger partial charge on any atom is 0.296 e. The van der Waals surface area contributed by atoms with Crippen LogP contribution in [0.4, 0.5) is 5.69 Å². The smallest absolute Gasteiger partial charge is 0.296 e. The molecule has 0 bridgehead atoms. The minimum absolute atomic E-state index is 0.0667. The molecule has 1 aliphatic carbocycles. The summed E-state index contributed by atoms with van der Waals surface area (Å²) in [6.45, 7) is 0. The number of H-pyrrole nitrogens is 1. The summed E-state index contributed by atoms with van der Waals surface area (Å²) < 4.78 is 0. The van der Waals surface area contributed by atoms with E-state index in [1.807, 2.05) is 6.07 Å². The second-order valence-corrected chi connectivity index (χ2v) is 7.12. The Bertz CT molecular complexity index is 1010. The van der Waals surface area contributed by atoms with E-state index >= 15 is 0 Å². The number of pyridine rings is 1. The zero-order valence-corrected chi connectivity index (χ0v) is 14.2. The Kier molecular flexibility index (Phi) is 3.93. The third kappa shape index (κ3) is 2.76. The summed E-state index contributed by atoms with van der Waals surface area (Å²) in [5, 5.41) is 0.850. The molecule has 0 unspecified atom stereocenters. The quantitative estimate of drug-likeness (QED) is 0.629. The summed E-state index contributed by atoms with van der Waals surface area (Å²) in [5.74, 6) is -0.505. The van der Waals surface area contributed by atoms with Gasteiger partial charge in [-0.2, -0.15) is 5.48 Å². The number of aromatic amines is 1. The molecule has 1 aliphatic rings. The van der Waals surface area contributed by atoms with Gasteiger partial charge in [0.2, 0.25) is 5.75 Å². The van der Waals surface area contributed by atoms with Gasteiger partial charge in [-0.15, -0.1) is 11.3 Å². The van der Waals surface area contributed by atoms with Crippen molar-refractivity contribution >= 4 is 33.1 Å². The van der Waals surface area contributed by atoms with E-state index in [-0.39, 0.29) is 11.4 Å². The monoisotopic (exact) mass is 355 g/mol. The molecule has 0 spiro atoms. The number of nitrogen functional groups attached to an aromatic ring is 1. The number of fused-ring (bicyclic) bond motifs is 3. The highest BCUT2D eigenvalue weighted by Crippen LogP contribution is 2.39. The molecule has 0 radical (unpaired) electrons. The lowest BCUT2D eigenvalue weighted by Gasteiger charge is -2.12. The van der Waals surface area contributed by atoms with Gasteiger partial charge in [-0.1, -0.05) is 18.2 Å². The summed E-state index contributed by atoms with van der Waals surface area (Å²) in [5.41, 5.74) is 9.99. The maximum atomic E-state index is 12.3. The summed E-state index contributed by atoms with van der Waals surface area (Å²) in [6.07, 6.45) is 4.22. The Hall–Kier alpha value is -2.80. The molecule has 4 N–H and O–H groups in total. The summed E-state index contributed by atoms with van der Waals surface area (Å²) in [4.78, 5) is 34.6. The van der Waals surface area contributed by atoms with Crippen molar-refractivity contribution in [3.8, 4) is 5.75 Å². The van der Waals surface area contributed by atoms with Crippen LogP contribution in [0.2, 0.25) is 0 Å². The van der Waals surface area contributed by atoms with Crippen molar-refractivity contribution in [2.24, 2.45) is 0 Å². The molecule has 0 saturated heterocycles. The molecular formula is C18H17N3O3S. The first kappa shape index (κ1) is 15.7. The second kappa shape index (κ2) is 6.25. The molecule has 25 heavy (non-hydrogen) atoms. The number of carbonyl (C=O) groups is 1. The Balaban J connectivity index is 1.68. The highest BCUT2D eigenvalue weighted by molar-refractivity contribution is 7.19. The average molecular weight is 355 g/mol. The molecule has 0 aliphatic heterocycles. The number of carbonyl (C=O) groups excluding carboxylic acids is 1. The topological polar surface area (TPSA) is 97.2 Å². The molecule has 2 heterocycles. The minimum Gasteiger partial charge on any atom is -0.395 e. The van der Waals surface area contributed by atoms with E-state index in [1.54, 1.807) is 35.6 Å². The van der Waals surface area contributed by atoms with E-state index in [2.05, 4.69) is 10.5 Å². The first-order valence-corrected chi connectivity index (χ1v) is 8.95. The zero-order chi connectivity index (χ0) is 17.4. The number of nitrogens with two attached hydrogens (primary N) is 1. The maximum absolute atomic E-state index is 12.3. The number of nitrogens with one attached hydrogen (secondary N) is 2. The highest BCUT2D eigenvalue weighted by atomic mass is 32.1. The van der Waals surface area contributed by atoms with Crippen LogP contribution >= 0.6 is 11.3 Å². The van der Waals surface area contributed by atoms with Gasteiger partial charge < -0.3 is 15.6 Å². The molecule has 0 saturated carbocycles. The fourth-order valence-electron chi connectivity index (χ4n) is 3.18. The lowest BCUT2D eigenvalue weighted by Crippen LogP contribution is -2.30. The number of benzene rings is 1. The molecule has 1 amide bonds. The SMILES string of the molecule is Nc1c(ONC(=O)c2ccccc2)c(=O)[nH]c2sc3c(c12)CCCC3. The van der Waals surface area contributed by atoms with E-state index in [4.69, 9.17) is 10.6 Å². The van der Waals surface area contributed by atoms with Crippen molar-refractivity contribution in [1.29, 1.82) is 0 Å². The molecule has 2 aromatic heterocycles. The third-order valence-corrected chi connectivity index (χ3v) is 5.61. The number of hydrogen-bond acceptors (Lipinski definition) is 5. The fraction of sp³-hybridized carbons (Fsp3) is 0.222. The molecule has 1 aromatic carbocycles. The van der Waals surface area contributed by atoms with Crippen LogP contribution in [-0.4, -0.2) is 10.9 Å². The van der Waals surface area contributed by atoms with E-state index in [0.29, 0.717) is 5.56 Å². The van der Waals surface area contributed by atoms with Crippen LogP contribution in [0.1, 0.15) is 33.6 Å². The van der Waals surface area contributed by atoms with Gasteiger partial charge in [-0.05, 0) is 43.4 Å². The first-order valence-electron chi connectivity index (χ1n) is 8.13. The molecule has 3 aromatic rings.